The number of alkyl carbamates (subject to hydrolysis) is 1. The van der Waals surface area contributed by atoms with E-state index in [0.29, 0.717) is 19.4 Å². The highest BCUT2D eigenvalue weighted by Gasteiger charge is 2.44. The van der Waals surface area contributed by atoms with E-state index in [1.165, 1.54) is 0 Å². The molecule has 2 N–H and O–H groups in total. The molecule has 1 saturated heterocycles. The molecule has 1 aromatic rings. The summed E-state index contributed by atoms with van der Waals surface area (Å²) >= 11 is 0. The third kappa shape index (κ3) is 4.96. The van der Waals surface area contributed by atoms with Gasteiger partial charge in [-0.15, -0.1) is 0 Å². The van der Waals surface area contributed by atoms with Crippen LogP contribution in [0.3, 0.4) is 0 Å². The van der Waals surface area contributed by atoms with Crippen molar-refractivity contribution >= 4 is 12.1 Å². The molecule has 0 saturated carbocycles. The molecule has 1 fully saturated rings. The highest BCUT2D eigenvalue weighted by molar-refractivity contribution is 5.85. The average molecular weight is 334 g/mol. The molecular weight excluding hydrogens is 308 g/mol. The number of hydrogen-bond donors (Lipinski definition) is 2. The first-order valence-electron chi connectivity index (χ1n) is 8.21. The van der Waals surface area contributed by atoms with Gasteiger partial charge in [-0.3, -0.25) is 4.90 Å². The molecular formula is C18H26N2O4. The van der Waals surface area contributed by atoms with E-state index >= 15 is 0 Å². The summed E-state index contributed by atoms with van der Waals surface area (Å²) in [5, 5.41) is 12.3. The minimum atomic E-state index is -1.31. The van der Waals surface area contributed by atoms with Gasteiger partial charge in [-0.25, -0.2) is 9.59 Å². The molecule has 1 aliphatic rings. The molecule has 6 nitrogen and oxygen atoms in total. The fourth-order valence-corrected chi connectivity index (χ4v) is 2.95. The van der Waals surface area contributed by atoms with Crippen LogP contribution in [-0.2, 0) is 16.1 Å². The van der Waals surface area contributed by atoms with E-state index in [4.69, 9.17) is 4.74 Å². The third-order valence-corrected chi connectivity index (χ3v) is 3.97. The van der Waals surface area contributed by atoms with Gasteiger partial charge in [0.2, 0.25) is 0 Å². The smallest absolute Gasteiger partial charge is 0.408 e. The summed E-state index contributed by atoms with van der Waals surface area (Å²) in [7, 11) is 0. The van der Waals surface area contributed by atoms with Crippen molar-refractivity contribution in [1.82, 2.24) is 10.2 Å². The van der Waals surface area contributed by atoms with Crippen molar-refractivity contribution < 1.29 is 19.4 Å². The molecule has 0 bridgehead atoms. The fraction of sp³-hybridized carbons (Fsp3) is 0.556. The lowest BCUT2D eigenvalue weighted by atomic mass is 9.89. The lowest BCUT2D eigenvalue weighted by molar-refractivity contribution is -0.147. The molecule has 24 heavy (non-hydrogen) atoms. The van der Waals surface area contributed by atoms with Crippen LogP contribution >= 0.6 is 0 Å². The maximum atomic E-state index is 12.1. The van der Waals surface area contributed by atoms with E-state index in [1.807, 2.05) is 30.3 Å². The predicted octanol–water partition coefficient (Wildman–Crippen LogP) is 2.63. The van der Waals surface area contributed by atoms with Gasteiger partial charge in [0.1, 0.15) is 5.60 Å². The number of likely N-dealkylation sites (tertiary alicyclic amines) is 1. The number of nitrogens with one attached hydrogen (secondary N) is 1. The number of carbonyl (C=O) groups excluding carboxylic acids is 1. The Morgan fingerprint density at radius 3 is 2.54 bits per heavy atom. The number of carboxylic acids is 1. The highest BCUT2D eigenvalue weighted by Crippen LogP contribution is 2.24. The molecule has 1 unspecified atom stereocenters. The van der Waals surface area contributed by atoms with Crippen molar-refractivity contribution in [2.45, 2.75) is 51.3 Å². The number of carbonyl (C=O) groups is 2. The summed E-state index contributed by atoms with van der Waals surface area (Å²) in [4.78, 5) is 26.0. The zero-order valence-electron chi connectivity index (χ0n) is 14.5. The van der Waals surface area contributed by atoms with Crippen LogP contribution in [0.15, 0.2) is 30.3 Å². The largest absolute Gasteiger partial charge is 0.479 e. The van der Waals surface area contributed by atoms with Crippen LogP contribution < -0.4 is 5.32 Å². The van der Waals surface area contributed by atoms with Crippen molar-refractivity contribution in [1.29, 1.82) is 0 Å². The maximum Gasteiger partial charge on any atom is 0.408 e. The first-order valence-corrected chi connectivity index (χ1v) is 8.21. The van der Waals surface area contributed by atoms with Gasteiger partial charge in [0.15, 0.2) is 5.54 Å². The van der Waals surface area contributed by atoms with Crippen molar-refractivity contribution in [2.75, 3.05) is 13.1 Å². The van der Waals surface area contributed by atoms with Gasteiger partial charge in [-0.05, 0) is 45.7 Å². The number of piperidine rings is 1. The number of rotatable bonds is 4. The summed E-state index contributed by atoms with van der Waals surface area (Å²) in [5.74, 6) is -1.02. The van der Waals surface area contributed by atoms with Gasteiger partial charge in [0.05, 0.1) is 0 Å². The molecule has 1 heterocycles. The van der Waals surface area contributed by atoms with E-state index in [1.54, 1.807) is 20.8 Å². The van der Waals surface area contributed by atoms with E-state index in [0.717, 1.165) is 12.1 Å². The van der Waals surface area contributed by atoms with Crippen LogP contribution in [0.25, 0.3) is 0 Å². The van der Waals surface area contributed by atoms with Crippen LogP contribution in [-0.4, -0.2) is 46.3 Å². The van der Waals surface area contributed by atoms with Crippen molar-refractivity contribution in [3.05, 3.63) is 35.9 Å². The number of amides is 1. The summed E-state index contributed by atoms with van der Waals surface area (Å²) < 4.78 is 5.24. The van der Waals surface area contributed by atoms with E-state index < -0.39 is 23.2 Å². The van der Waals surface area contributed by atoms with Gasteiger partial charge in [-0.2, -0.15) is 0 Å². The first-order chi connectivity index (χ1) is 11.2. The SMILES string of the molecule is CC(C)(C)OC(=O)NC1(C(=O)O)CCCN(Cc2ccccc2)C1. The number of ether oxygens (including phenoxy) is 1. The minimum Gasteiger partial charge on any atom is -0.479 e. The molecule has 0 aromatic heterocycles. The Hall–Kier alpha value is -2.08. The number of carboxylic acid groups (broad SMARTS) is 1. The quantitative estimate of drug-likeness (QED) is 0.885. The summed E-state index contributed by atoms with van der Waals surface area (Å²) in [5.41, 5.74) is -0.853. The van der Waals surface area contributed by atoms with E-state index in [-0.39, 0.29) is 6.54 Å². The second kappa shape index (κ2) is 7.21. The Bertz CT molecular complexity index is 582. The Morgan fingerprint density at radius 1 is 1.29 bits per heavy atom. The second-order valence-corrected chi connectivity index (χ2v) is 7.31. The molecule has 2 rings (SSSR count). The summed E-state index contributed by atoms with van der Waals surface area (Å²) in [6, 6.07) is 9.90. The monoisotopic (exact) mass is 334 g/mol. The lowest BCUT2D eigenvalue weighted by Gasteiger charge is -2.40. The van der Waals surface area contributed by atoms with Gasteiger partial charge in [0.25, 0.3) is 0 Å². The molecule has 1 amide bonds. The Balaban J connectivity index is 2.08. The molecule has 0 spiro atoms. The molecule has 1 aliphatic heterocycles. The highest BCUT2D eigenvalue weighted by atomic mass is 16.6. The van der Waals surface area contributed by atoms with Crippen molar-refractivity contribution in [2.24, 2.45) is 0 Å². The van der Waals surface area contributed by atoms with Crippen LogP contribution in [0.4, 0.5) is 4.79 Å². The first kappa shape index (κ1) is 18.3. The summed E-state index contributed by atoms with van der Waals surface area (Å²) in [6.07, 6.45) is 0.411. The van der Waals surface area contributed by atoms with Gasteiger partial charge in [-0.1, -0.05) is 30.3 Å². The molecule has 0 radical (unpaired) electrons. The molecule has 132 valence electrons. The minimum absolute atomic E-state index is 0.260. The Kier molecular flexibility index (Phi) is 5.49. The van der Waals surface area contributed by atoms with Crippen LogP contribution in [0.1, 0.15) is 39.2 Å². The van der Waals surface area contributed by atoms with Crippen molar-refractivity contribution in [3.8, 4) is 0 Å². The van der Waals surface area contributed by atoms with Gasteiger partial charge >= 0.3 is 12.1 Å². The second-order valence-electron chi connectivity index (χ2n) is 7.31. The number of aliphatic carboxylic acids is 1. The topological polar surface area (TPSA) is 78.9 Å². The zero-order valence-corrected chi connectivity index (χ0v) is 14.5. The predicted molar refractivity (Wildman–Crippen MR) is 90.7 cm³/mol. The Morgan fingerprint density at radius 2 is 1.96 bits per heavy atom. The number of nitrogens with zero attached hydrogens (tertiary/aromatic N) is 1. The lowest BCUT2D eigenvalue weighted by Crippen LogP contribution is -2.63. The van der Waals surface area contributed by atoms with Crippen molar-refractivity contribution in [3.63, 3.8) is 0 Å². The average Bonchev–Trinajstić information content (AvgIpc) is 2.46. The van der Waals surface area contributed by atoms with Crippen LogP contribution in [0, 0.1) is 0 Å². The maximum absolute atomic E-state index is 12.1. The standard InChI is InChI=1S/C18H26N2O4/c1-17(2,3)24-16(23)19-18(15(21)22)10-7-11-20(13-18)12-14-8-5-4-6-9-14/h4-6,8-9H,7,10-13H2,1-3H3,(H,19,23)(H,21,22). The normalized spacial score (nSPS) is 22.0. The van der Waals surface area contributed by atoms with E-state index in [9.17, 15) is 14.7 Å². The van der Waals surface area contributed by atoms with Crippen LogP contribution in [0.2, 0.25) is 0 Å². The number of benzene rings is 1. The van der Waals surface area contributed by atoms with Gasteiger partial charge < -0.3 is 15.2 Å². The zero-order chi connectivity index (χ0) is 17.8. The molecule has 0 aliphatic carbocycles. The fourth-order valence-electron chi connectivity index (χ4n) is 2.95. The third-order valence-electron chi connectivity index (χ3n) is 3.97. The van der Waals surface area contributed by atoms with Gasteiger partial charge in [0, 0.05) is 13.1 Å². The number of hydrogen-bond acceptors (Lipinski definition) is 4. The molecule has 1 atom stereocenters. The summed E-state index contributed by atoms with van der Waals surface area (Å²) in [6.45, 7) is 6.98. The van der Waals surface area contributed by atoms with Crippen LogP contribution in [0.5, 0.6) is 0 Å². The van der Waals surface area contributed by atoms with E-state index in [2.05, 4.69) is 10.2 Å². The Labute approximate surface area is 142 Å². The molecule has 1 aromatic carbocycles. The molecule has 6 heteroatoms.